The Kier molecular flexibility index (Phi) is 11.4. The number of carbonyl (C=O) groups excluding carboxylic acids is 1. The molecule has 1 aromatic rings. The zero-order valence-corrected chi connectivity index (χ0v) is 17.4. The number of rotatable bonds is 7. The van der Waals surface area contributed by atoms with E-state index < -0.39 is 0 Å². The molecule has 4 nitrogen and oxygen atoms in total. The maximum Gasteiger partial charge on any atom is 0.224 e. The molecule has 2 rings (SSSR count). The lowest BCUT2D eigenvalue weighted by Crippen LogP contribution is -2.13. The molecule has 1 saturated carbocycles. The standard InChI is InChI=1S/C13H22N2O.C8H13ClO/c1-11-6-7-12(14)13(10-11)16-9-5-4-8-15(2)3;9-8(10)7-5-3-1-2-4-6-7/h6-7,10H,4-5,8-9,14H2,1-3H3;7H,1-6H2. The summed E-state index contributed by atoms with van der Waals surface area (Å²) in [7, 11) is 4.17. The lowest BCUT2D eigenvalue weighted by Gasteiger charge is -2.11. The van der Waals surface area contributed by atoms with Gasteiger partial charge in [-0.2, -0.15) is 0 Å². The van der Waals surface area contributed by atoms with E-state index in [1.165, 1.54) is 31.2 Å². The Morgan fingerprint density at radius 1 is 1.19 bits per heavy atom. The van der Waals surface area contributed by atoms with Gasteiger partial charge >= 0.3 is 0 Å². The van der Waals surface area contributed by atoms with E-state index >= 15 is 0 Å². The molecule has 26 heavy (non-hydrogen) atoms. The summed E-state index contributed by atoms with van der Waals surface area (Å²) < 4.78 is 5.66. The Hall–Kier alpha value is -1.26. The molecule has 1 aliphatic rings. The van der Waals surface area contributed by atoms with E-state index in [-0.39, 0.29) is 11.2 Å². The molecule has 0 heterocycles. The number of halogens is 1. The number of carbonyl (C=O) groups is 1. The molecule has 0 bridgehead atoms. The molecule has 1 aliphatic carbocycles. The molecule has 0 unspecified atom stereocenters. The summed E-state index contributed by atoms with van der Waals surface area (Å²) in [5.74, 6) is 0.981. The minimum absolute atomic E-state index is 0.123. The van der Waals surface area contributed by atoms with Gasteiger partial charge in [0, 0.05) is 5.92 Å². The third kappa shape index (κ3) is 10.0. The number of nitrogens with two attached hydrogens (primary N) is 1. The second kappa shape index (κ2) is 13.0. The fourth-order valence-electron chi connectivity index (χ4n) is 2.99. The van der Waals surface area contributed by atoms with Gasteiger partial charge in [-0.3, -0.25) is 4.79 Å². The van der Waals surface area contributed by atoms with Crippen molar-refractivity contribution in [3.63, 3.8) is 0 Å². The average molecular weight is 383 g/mol. The Labute approximate surface area is 164 Å². The number of anilines is 1. The van der Waals surface area contributed by atoms with E-state index in [0.29, 0.717) is 0 Å². The van der Waals surface area contributed by atoms with Gasteiger partial charge in [0.15, 0.2) is 0 Å². The van der Waals surface area contributed by atoms with E-state index in [4.69, 9.17) is 22.1 Å². The molecule has 0 atom stereocenters. The van der Waals surface area contributed by atoms with Crippen molar-refractivity contribution < 1.29 is 9.53 Å². The van der Waals surface area contributed by atoms with Crippen molar-refractivity contribution >= 4 is 22.5 Å². The van der Waals surface area contributed by atoms with E-state index in [0.717, 1.165) is 50.3 Å². The molecule has 1 aromatic carbocycles. The molecule has 5 heteroatoms. The molecule has 0 saturated heterocycles. The SMILES string of the molecule is Cc1ccc(N)c(OCCCCN(C)C)c1.O=C(Cl)C1CCCCCC1. The van der Waals surface area contributed by atoms with Crippen LogP contribution < -0.4 is 10.5 Å². The summed E-state index contributed by atoms with van der Waals surface area (Å²) in [6, 6.07) is 5.88. The molecule has 0 radical (unpaired) electrons. The van der Waals surface area contributed by atoms with Crippen LogP contribution in [0.1, 0.15) is 56.9 Å². The number of hydrogen-bond acceptors (Lipinski definition) is 4. The maximum absolute atomic E-state index is 10.7. The van der Waals surface area contributed by atoms with E-state index in [1.807, 2.05) is 25.1 Å². The molecule has 148 valence electrons. The first-order valence-electron chi connectivity index (χ1n) is 9.73. The lowest BCUT2D eigenvalue weighted by molar-refractivity contribution is -0.115. The molecule has 0 spiro atoms. The van der Waals surface area contributed by atoms with E-state index in [1.54, 1.807) is 0 Å². The van der Waals surface area contributed by atoms with E-state index in [9.17, 15) is 4.79 Å². The predicted molar refractivity (Wildman–Crippen MR) is 111 cm³/mol. The van der Waals surface area contributed by atoms with Crippen molar-refractivity contribution in [1.82, 2.24) is 4.90 Å². The van der Waals surface area contributed by atoms with Crippen molar-refractivity contribution in [2.24, 2.45) is 5.92 Å². The van der Waals surface area contributed by atoms with Gasteiger partial charge in [0.2, 0.25) is 5.24 Å². The number of nitrogens with zero attached hydrogens (tertiary/aromatic N) is 1. The summed E-state index contributed by atoms with van der Waals surface area (Å²) in [6.45, 7) is 3.88. The largest absolute Gasteiger partial charge is 0.491 e. The molecule has 0 amide bonds. The fourth-order valence-corrected chi connectivity index (χ4v) is 3.20. The van der Waals surface area contributed by atoms with Crippen LogP contribution in [-0.2, 0) is 4.79 Å². The van der Waals surface area contributed by atoms with Gasteiger partial charge in [0.05, 0.1) is 12.3 Å². The topological polar surface area (TPSA) is 55.6 Å². The first-order valence-corrected chi connectivity index (χ1v) is 10.1. The highest BCUT2D eigenvalue weighted by Gasteiger charge is 2.17. The van der Waals surface area contributed by atoms with Gasteiger partial charge in [-0.1, -0.05) is 31.7 Å². The fraction of sp³-hybridized carbons (Fsp3) is 0.667. The number of unbranched alkanes of at least 4 members (excludes halogenated alkanes) is 1. The first-order chi connectivity index (χ1) is 12.4. The lowest BCUT2D eigenvalue weighted by atomic mass is 10.0. The number of ether oxygens (including phenoxy) is 1. The van der Waals surface area contributed by atoms with Crippen molar-refractivity contribution in [3.05, 3.63) is 23.8 Å². The van der Waals surface area contributed by atoms with Gasteiger partial charge in [0.25, 0.3) is 0 Å². The summed E-state index contributed by atoms with van der Waals surface area (Å²) in [5, 5.41) is -0.123. The molecular weight excluding hydrogens is 348 g/mol. The van der Waals surface area contributed by atoms with Crippen LogP contribution in [-0.4, -0.2) is 37.4 Å². The Morgan fingerprint density at radius 3 is 2.42 bits per heavy atom. The Balaban J connectivity index is 0.000000289. The minimum Gasteiger partial charge on any atom is -0.491 e. The van der Waals surface area contributed by atoms with Crippen LogP contribution in [0.15, 0.2) is 18.2 Å². The highest BCUT2D eigenvalue weighted by molar-refractivity contribution is 6.63. The smallest absolute Gasteiger partial charge is 0.224 e. The van der Waals surface area contributed by atoms with Crippen LogP contribution in [0, 0.1) is 12.8 Å². The van der Waals surface area contributed by atoms with Crippen LogP contribution in [0.25, 0.3) is 0 Å². The number of benzene rings is 1. The summed E-state index contributed by atoms with van der Waals surface area (Å²) in [6.07, 6.45) is 9.17. The van der Waals surface area contributed by atoms with Crippen LogP contribution in [0.4, 0.5) is 5.69 Å². The Morgan fingerprint density at radius 2 is 1.85 bits per heavy atom. The quantitative estimate of drug-likeness (QED) is 0.311. The molecule has 1 fully saturated rings. The second-order valence-electron chi connectivity index (χ2n) is 7.39. The summed E-state index contributed by atoms with van der Waals surface area (Å²) >= 11 is 5.39. The Bertz CT molecular complexity index is 527. The van der Waals surface area contributed by atoms with Crippen LogP contribution in [0.2, 0.25) is 0 Å². The number of aryl methyl sites for hydroxylation is 1. The number of hydrogen-bond donors (Lipinski definition) is 1. The van der Waals surface area contributed by atoms with Gasteiger partial charge < -0.3 is 15.4 Å². The van der Waals surface area contributed by atoms with Crippen molar-refractivity contribution in [2.75, 3.05) is 33.0 Å². The highest BCUT2D eigenvalue weighted by atomic mass is 35.5. The maximum atomic E-state index is 10.7. The third-order valence-corrected chi connectivity index (χ3v) is 4.91. The van der Waals surface area contributed by atoms with Crippen molar-refractivity contribution in [3.8, 4) is 5.75 Å². The first kappa shape index (κ1) is 22.8. The van der Waals surface area contributed by atoms with Crippen molar-refractivity contribution in [2.45, 2.75) is 58.3 Å². The number of nitrogen functional groups attached to an aromatic ring is 1. The van der Waals surface area contributed by atoms with Crippen LogP contribution in [0.3, 0.4) is 0 Å². The third-order valence-electron chi connectivity index (χ3n) is 4.60. The predicted octanol–water partition coefficient (Wildman–Crippen LogP) is 5.02. The van der Waals surface area contributed by atoms with Gasteiger partial charge in [-0.05, 0) is 82.5 Å². The second-order valence-corrected chi connectivity index (χ2v) is 7.77. The summed E-state index contributed by atoms with van der Waals surface area (Å²) in [5.41, 5.74) is 7.72. The molecule has 2 N–H and O–H groups in total. The van der Waals surface area contributed by atoms with Crippen molar-refractivity contribution in [1.29, 1.82) is 0 Å². The molecule has 0 aromatic heterocycles. The minimum atomic E-state index is -0.123. The normalized spacial score (nSPS) is 15.1. The summed E-state index contributed by atoms with van der Waals surface area (Å²) in [4.78, 5) is 12.9. The highest BCUT2D eigenvalue weighted by Crippen LogP contribution is 2.24. The van der Waals surface area contributed by atoms with Gasteiger partial charge in [0.1, 0.15) is 5.75 Å². The molecule has 0 aliphatic heterocycles. The van der Waals surface area contributed by atoms with Gasteiger partial charge in [-0.25, -0.2) is 0 Å². The van der Waals surface area contributed by atoms with Crippen LogP contribution >= 0.6 is 11.6 Å². The average Bonchev–Trinajstić information content (AvgIpc) is 2.87. The zero-order chi connectivity index (χ0) is 19.4. The molecular formula is C21H35ClN2O2. The monoisotopic (exact) mass is 382 g/mol. The van der Waals surface area contributed by atoms with E-state index in [2.05, 4.69) is 19.0 Å². The van der Waals surface area contributed by atoms with Gasteiger partial charge in [-0.15, -0.1) is 0 Å². The van der Waals surface area contributed by atoms with Crippen LogP contribution in [0.5, 0.6) is 5.75 Å². The zero-order valence-electron chi connectivity index (χ0n) is 16.6.